The molecule has 0 bridgehead atoms. The molecular formula is C20H32F3N5O. The highest BCUT2D eigenvalue weighted by Crippen LogP contribution is 2.31. The number of unbranched alkanes of at least 4 members (excludes halogenated alkanes) is 1. The first kappa shape index (κ1) is 23.3. The van der Waals surface area contributed by atoms with Crippen LogP contribution in [-0.2, 0) is 10.9 Å². The largest absolute Gasteiger partial charge is 0.416 e. The van der Waals surface area contributed by atoms with Crippen molar-refractivity contribution >= 4 is 11.6 Å². The van der Waals surface area contributed by atoms with Gasteiger partial charge in [-0.1, -0.05) is 6.07 Å². The van der Waals surface area contributed by atoms with Gasteiger partial charge < -0.3 is 20.7 Å². The van der Waals surface area contributed by atoms with Crippen LogP contribution < -0.4 is 16.0 Å². The average Bonchev–Trinajstić information content (AvgIpc) is 2.68. The summed E-state index contributed by atoms with van der Waals surface area (Å²) in [6.45, 7) is 7.33. The number of alkyl halides is 3. The molecule has 0 radical (unpaired) electrons. The number of nitrogens with one attached hydrogen (secondary N) is 1. The summed E-state index contributed by atoms with van der Waals surface area (Å²) in [6.07, 6.45) is -2.36. The fourth-order valence-electron chi connectivity index (χ4n) is 3.35. The molecule has 1 aromatic rings. The zero-order valence-corrected chi connectivity index (χ0v) is 17.2. The van der Waals surface area contributed by atoms with Crippen molar-refractivity contribution in [1.82, 2.24) is 10.2 Å². The minimum absolute atomic E-state index is 0.122. The Balaban J connectivity index is 1.66. The van der Waals surface area contributed by atoms with Crippen LogP contribution >= 0.6 is 0 Å². The Morgan fingerprint density at radius 3 is 2.62 bits per heavy atom. The van der Waals surface area contributed by atoms with E-state index < -0.39 is 11.7 Å². The van der Waals surface area contributed by atoms with Gasteiger partial charge in [-0.3, -0.25) is 9.89 Å². The van der Waals surface area contributed by atoms with E-state index >= 15 is 0 Å². The molecule has 1 heterocycles. The Hall–Kier alpha value is -2.00. The number of methoxy groups -OCH3 is 1. The van der Waals surface area contributed by atoms with Gasteiger partial charge >= 0.3 is 6.18 Å². The second kappa shape index (κ2) is 11.3. The number of ether oxygens (including phenoxy) is 1. The topological polar surface area (TPSA) is 66.1 Å². The molecule has 1 aliphatic heterocycles. The summed E-state index contributed by atoms with van der Waals surface area (Å²) < 4.78 is 43.7. The molecule has 0 amide bonds. The van der Waals surface area contributed by atoms with Crippen LogP contribution in [0.2, 0.25) is 0 Å². The number of halogens is 3. The maximum absolute atomic E-state index is 12.9. The molecule has 1 saturated heterocycles. The lowest BCUT2D eigenvalue weighted by molar-refractivity contribution is -0.137. The molecule has 2 rings (SSSR count). The Morgan fingerprint density at radius 2 is 1.97 bits per heavy atom. The normalized spacial score (nSPS) is 17.4. The van der Waals surface area contributed by atoms with Gasteiger partial charge in [0.15, 0.2) is 5.96 Å². The Bertz CT molecular complexity index is 645. The molecule has 0 spiro atoms. The molecule has 6 nitrogen and oxygen atoms in total. The summed E-state index contributed by atoms with van der Waals surface area (Å²) in [4.78, 5) is 8.68. The lowest BCUT2D eigenvalue weighted by atomic mass is 10.1. The molecule has 0 aliphatic carbocycles. The van der Waals surface area contributed by atoms with Crippen LogP contribution in [0.5, 0.6) is 0 Å². The SMILES string of the molecule is COCC(C)NC(N)=NCCCCN1CCN(c2cccc(C(F)(F)F)c2)CC1. The average molecular weight is 416 g/mol. The van der Waals surface area contributed by atoms with Crippen molar-refractivity contribution in [3.05, 3.63) is 29.8 Å². The van der Waals surface area contributed by atoms with Crippen LogP contribution in [0.3, 0.4) is 0 Å². The smallest absolute Gasteiger partial charge is 0.383 e. The first-order valence-electron chi connectivity index (χ1n) is 9.99. The zero-order chi connectivity index (χ0) is 21.3. The highest BCUT2D eigenvalue weighted by molar-refractivity contribution is 5.78. The number of guanidine groups is 1. The van der Waals surface area contributed by atoms with E-state index in [0.717, 1.165) is 51.6 Å². The van der Waals surface area contributed by atoms with Gasteiger partial charge in [0.25, 0.3) is 0 Å². The third-order valence-electron chi connectivity index (χ3n) is 4.89. The molecule has 0 aromatic heterocycles. The van der Waals surface area contributed by atoms with Crippen LogP contribution in [0.15, 0.2) is 29.3 Å². The quantitative estimate of drug-likeness (QED) is 0.369. The fraction of sp³-hybridized carbons (Fsp3) is 0.650. The summed E-state index contributed by atoms with van der Waals surface area (Å²) in [5.74, 6) is 0.434. The van der Waals surface area contributed by atoms with E-state index in [2.05, 4.69) is 15.2 Å². The van der Waals surface area contributed by atoms with Gasteiger partial charge in [-0.25, -0.2) is 0 Å². The third kappa shape index (κ3) is 8.10. The number of hydrogen-bond donors (Lipinski definition) is 2. The van der Waals surface area contributed by atoms with Gasteiger partial charge in [0.2, 0.25) is 0 Å². The van der Waals surface area contributed by atoms with Gasteiger partial charge in [0, 0.05) is 51.6 Å². The Morgan fingerprint density at radius 1 is 1.24 bits per heavy atom. The summed E-state index contributed by atoms with van der Waals surface area (Å²) in [5.41, 5.74) is 5.88. The molecular weight excluding hydrogens is 383 g/mol. The number of anilines is 1. The first-order valence-corrected chi connectivity index (χ1v) is 9.99. The van der Waals surface area contributed by atoms with Crippen molar-refractivity contribution in [2.24, 2.45) is 10.7 Å². The van der Waals surface area contributed by atoms with Crippen LogP contribution in [0, 0.1) is 0 Å². The van der Waals surface area contributed by atoms with Crippen molar-refractivity contribution in [1.29, 1.82) is 0 Å². The highest BCUT2D eigenvalue weighted by atomic mass is 19.4. The Kier molecular flexibility index (Phi) is 9.03. The zero-order valence-electron chi connectivity index (χ0n) is 17.2. The van der Waals surface area contributed by atoms with E-state index in [-0.39, 0.29) is 6.04 Å². The van der Waals surface area contributed by atoms with Crippen molar-refractivity contribution in [2.75, 3.05) is 57.9 Å². The van der Waals surface area contributed by atoms with Crippen LogP contribution in [0.4, 0.5) is 18.9 Å². The maximum atomic E-state index is 12.9. The van der Waals surface area contributed by atoms with Crippen LogP contribution in [0.25, 0.3) is 0 Å². The van der Waals surface area contributed by atoms with Crippen molar-refractivity contribution < 1.29 is 17.9 Å². The second-order valence-electron chi connectivity index (χ2n) is 7.35. The number of nitrogens with zero attached hydrogens (tertiary/aromatic N) is 3. The van der Waals surface area contributed by atoms with E-state index in [4.69, 9.17) is 10.5 Å². The molecule has 1 unspecified atom stereocenters. The van der Waals surface area contributed by atoms with Gasteiger partial charge in [-0.15, -0.1) is 0 Å². The van der Waals surface area contributed by atoms with Crippen LogP contribution in [0.1, 0.15) is 25.3 Å². The van der Waals surface area contributed by atoms with E-state index in [1.165, 1.54) is 12.1 Å². The minimum Gasteiger partial charge on any atom is -0.383 e. The second-order valence-corrected chi connectivity index (χ2v) is 7.35. The van der Waals surface area contributed by atoms with E-state index in [1.807, 2.05) is 11.8 Å². The summed E-state index contributed by atoms with van der Waals surface area (Å²) in [7, 11) is 1.64. The minimum atomic E-state index is -4.30. The number of rotatable bonds is 9. The van der Waals surface area contributed by atoms with Crippen LogP contribution in [-0.4, -0.2) is 69.9 Å². The van der Waals surface area contributed by atoms with Gasteiger partial charge in [-0.2, -0.15) is 13.2 Å². The fourth-order valence-corrected chi connectivity index (χ4v) is 3.35. The van der Waals surface area contributed by atoms with Gasteiger partial charge in [0.05, 0.1) is 12.2 Å². The van der Waals surface area contributed by atoms with Crippen molar-refractivity contribution in [2.45, 2.75) is 32.0 Å². The lowest BCUT2D eigenvalue weighted by Gasteiger charge is -2.36. The summed E-state index contributed by atoms with van der Waals surface area (Å²) in [5, 5.41) is 3.07. The lowest BCUT2D eigenvalue weighted by Crippen LogP contribution is -2.46. The standard InChI is InChI=1S/C20H32F3N5O/c1-16(15-29-2)26-19(24)25-8-3-4-9-27-10-12-28(13-11-27)18-7-5-6-17(14-18)20(21,22)23/h5-7,14,16H,3-4,8-13,15H2,1-2H3,(H3,24,25,26). The molecule has 164 valence electrons. The molecule has 1 fully saturated rings. The summed E-state index contributed by atoms with van der Waals surface area (Å²) >= 11 is 0. The number of aliphatic imine (C=N–C) groups is 1. The van der Waals surface area contributed by atoms with Gasteiger partial charge in [0.1, 0.15) is 0 Å². The molecule has 9 heteroatoms. The maximum Gasteiger partial charge on any atom is 0.416 e. The predicted octanol–water partition coefficient (Wildman–Crippen LogP) is 2.55. The van der Waals surface area contributed by atoms with E-state index in [1.54, 1.807) is 13.2 Å². The highest BCUT2D eigenvalue weighted by Gasteiger charge is 2.31. The third-order valence-corrected chi connectivity index (χ3v) is 4.89. The molecule has 29 heavy (non-hydrogen) atoms. The molecule has 0 saturated carbocycles. The van der Waals surface area contributed by atoms with Gasteiger partial charge in [-0.05, 0) is 44.5 Å². The molecule has 1 aliphatic rings. The predicted molar refractivity (Wildman–Crippen MR) is 110 cm³/mol. The molecule has 1 atom stereocenters. The summed E-state index contributed by atoms with van der Waals surface area (Å²) in [6, 6.07) is 5.69. The number of hydrogen-bond acceptors (Lipinski definition) is 4. The monoisotopic (exact) mass is 415 g/mol. The number of benzene rings is 1. The first-order chi connectivity index (χ1) is 13.8. The number of piperazine rings is 1. The van der Waals surface area contributed by atoms with E-state index in [9.17, 15) is 13.2 Å². The molecule has 1 aromatic carbocycles. The number of nitrogens with two attached hydrogens (primary N) is 1. The Labute approximate surface area is 170 Å². The van der Waals surface area contributed by atoms with Crippen molar-refractivity contribution in [3.8, 4) is 0 Å². The molecule has 3 N–H and O–H groups in total. The van der Waals surface area contributed by atoms with Crippen molar-refractivity contribution in [3.63, 3.8) is 0 Å². The van der Waals surface area contributed by atoms with E-state index in [0.29, 0.717) is 24.8 Å².